The van der Waals surface area contributed by atoms with Crippen molar-refractivity contribution in [2.24, 2.45) is 5.92 Å². The first-order chi connectivity index (χ1) is 17.1. The molecule has 1 aliphatic heterocycles. The number of aliphatic hydroxyl groups excluding tert-OH is 1. The Hall–Kier alpha value is -2.12. The van der Waals surface area contributed by atoms with E-state index in [-0.39, 0.29) is 47.8 Å². The molecule has 37 heavy (non-hydrogen) atoms. The minimum atomic E-state index is -2.41. The summed E-state index contributed by atoms with van der Waals surface area (Å²) in [6, 6.07) is 9.96. The van der Waals surface area contributed by atoms with Crippen LogP contribution in [0.25, 0.3) is 0 Å². The summed E-state index contributed by atoms with van der Waals surface area (Å²) in [6.07, 6.45) is 3.40. The van der Waals surface area contributed by atoms with Crippen LogP contribution in [0.4, 0.5) is 4.79 Å². The monoisotopic (exact) mass is 530 g/mol. The molecule has 1 aromatic carbocycles. The third kappa shape index (κ3) is 14.4. The first kappa shape index (κ1) is 32.9. The molecule has 2 fully saturated rings. The normalized spacial score (nSPS) is 19.2. The first-order valence-electron chi connectivity index (χ1n) is 12.2. The minimum absolute atomic E-state index is 0. The smallest absolute Gasteiger partial charge is 0.625 e. The second-order valence-electron chi connectivity index (χ2n) is 9.03. The Morgan fingerprint density at radius 3 is 1.95 bits per heavy atom. The fraction of sp³-hybridized carbons (Fsp3) is 0.583. The van der Waals surface area contributed by atoms with Crippen LogP contribution in [0.15, 0.2) is 30.3 Å². The molecule has 1 saturated heterocycles. The molecule has 0 atom stereocenters. The van der Waals surface area contributed by atoms with Crippen molar-refractivity contribution in [1.82, 2.24) is 10.2 Å². The summed E-state index contributed by atoms with van der Waals surface area (Å²) >= 11 is 0. The predicted octanol–water partition coefficient (Wildman–Crippen LogP) is -1.45. The van der Waals surface area contributed by atoms with Crippen LogP contribution in [0.1, 0.15) is 52.0 Å². The topological polar surface area (TPSA) is 141 Å². The maximum absolute atomic E-state index is 11.8. The van der Waals surface area contributed by atoms with Crippen molar-refractivity contribution in [2.75, 3.05) is 19.6 Å². The number of amides is 1. The molecular weight excluding hydrogens is 494 g/mol. The first-order valence-corrected chi connectivity index (χ1v) is 12.2. The van der Waals surface area contributed by atoms with Gasteiger partial charge in [0, 0.05) is 46.4 Å². The zero-order valence-corrected chi connectivity index (χ0v) is 24.1. The average Bonchev–Trinajstić information content (AvgIpc) is 2.77. The molecule has 0 bridgehead atoms. The molecule has 0 unspecified atom stereocenters. The maximum Gasteiger partial charge on any atom is 1.00 e. The van der Waals surface area contributed by atoms with E-state index >= 15 is 0 Å². The number of alkyl carbamates (subject to hydrolysis) is 1. The Morgan fingerprint density at radius 2 is 1.46 bits per heavy atom. The van der Waals surface area contributed by atoms with Gasteiger partial charge in [0.05, 0.1) is 6.10 Å². The molecule has 1 aliphatic carbocycles. The van der Waals surface area contributed by atoms with Gasteiger partial charge in [0.25, 0.3) is 17.9 Å². The van der Waals surface area contributed by atoms with E-state index in [1.54, 1.807) is 0 Å². The van der Waals surface area contributed by atoms with Crippen LogP contribution in [0, 0.1) is 5.92 Å². The van der Waals surface area contributed by atoms with Crippen molar-refractivity contribution in [3.05, 3.63) is 35.9 Å². The summed E-state index contributed by atoms with van der Waals surface area (Å²) in [7, 11) is -2.41. The molecule has 0 radical (unpaired) electrons. The maximum atomic E-state index is 11.8. The molecule has 0 aromatic heterocycles. The van der Waals surface area contributed by atoms with Gasteiger partial charge in [0.2, 0.25) is 0 Å². The van der Waals surface area contributed by atoms with E-state index in [9.17, 15) is 24.3 Å². The Kier molecular flexibility index (Phi) is 15.5. The zero-order valence-electron chi connectivity index (χ0n) is 22.1. The van der Waals surface area contributed by atoms with E-state index in [1.807, 2.05) is 30.3 Å². The summed E-state index contributed by atoms with van der Waals surface area (Å²) in [5, 5.41) is 12.5. The summed E-state index contributed by atoms with van der Waals surface area (Å²) in [5.41, 5.74) is 1.00. The Morgan fingerprint density at radius 1 is 0.946 bits per heavy atom. The number of rotatable bonds is 8. The molecule has 2 aliphatic rings. The molecule has 11 nitrogen and oxygen atoms in total. The molecule has 1 heterocycles. The van der Waals surface area contributed by atoms with Gasteiger partial charge in [-0.25, -0.2) is 4.79 Å². The number of aliphatic hydroxyl groups is 1. The quantitative estimate of drug-likeness (QED) is 0.384. The molecule has 0 spiro atoms. The fourth-order valence-electron chi connectivity index (χ4n) is 3.99. The number of ether oxygens (including phenoxy) is 1. The predicted molar refractivity (Wildman–Crippen MR) is 130 cm³/mol. The fourth-order valence-corrected chi connectivity index (χ4v) is 3.99. The van der Waals surface area contributed by atoms with Crippen LogP contribution in [0.5, 0.6) is 0 Å². The number of piperidine rings is 1. The number of benzene rings is 1. The molecular formula is C24H36BN2NaO9. The van der Waals surface area contributed by atoms with Crippen molar-refractivity contribution in [1.29, 1.82) is 0 Å². The van der Waals surface area contributed by atoms with Crippen LogP contribution in [-0.2, 0) is 39.7 Å². The molecule has 1 amide bonds. The van der Waals surface area contributed by atoms with Gasteiger partial charge in [-0.05, 0) is 37.2 Å². The summed E-state index contributed by atoms with van der Waals surface area (Å²) in [4.78, 5) is 45.5. The van der Waals surface area contributed by atoms with Crippen LogP contribution < -0.4 is 34.9 Å². The number of likely N-dealkylation sites (tertiary alicyclic amines) is 1. The number of carbonyl (C=O) groups is 4. The number of nitrogens with zero attached hydrogens (tertiary/aromatic N) is 1. The van der Waals surface area contributed by atoms with Crippen molar-refractivity contribution in [2.45, 2.75) is 65.2 Å². The van der Waals surface area contributed by atoms with Gasteiger partial charge in [0.15, 0.2) is 0 Å². The number of nitrogens with one attached hydrogen (secondary N) is 1. The van der Waals surface area contributed by atoms with Gasteiger partial charge in [0.1, 0.15) is 6.61 Å². The van der Waals surface area contributed by atoms with Crippen molar-refractivity contribution < 1.29 is 72.5 Å². The van der Waals surface area contributed by atoms with Gasteiger partial charge in [-0.3, -0.25) is 14.4 Å². The largest absolute Gasteiger partial charge is 1.00 e. The summed E-state index contributed by atoms with van der Waals surface area (Å²) in [6.45, 7) is 6.75. The van der Waals surface area contributed by atoms with E-state index in [2.05, 4.69) is 24.2 Å². The molecule has 200 valence electrons. The van der Waals surface area contributed by atoms with Crippen LogP contribution in [0.2, 0.25) is 0 Å². The van der Waals surface area contributed by atoms with E-state index in [4.69, 9.17) is 4.74 Å². The van der Waals surface area contributed by atoms with E-state index in [0.717, 1.165) is 71.7 Å². The van der Waals surface area contributed by atoms with Gasteiger partial charge in [-0.1, -0.05) is 30.3 Å². The number of hydrogen-bond donors (Lipinski definition) is 2. The summed E-state index contributed by atoms with van der Waals surface area (Å²) < 4.78 is 18.5. The molecule has 13 heteroatoms. The standard InChI is InChI=1S/C18H26N2O3.C6H10BO6.Na/c21-17-6-8-20(9-7-17)12-15-10-16(11-15)19-18(22)23-13-14-4-2-1-3-5-14;1-4(8)11-7(12-5(2)9)13-6(3)10;/h1-5,15-17,21H,6-13H2,(H,19,22);7H,1-3H3;/q;-1;+1. The van der Waals surface area contributed by atoms with Gasteiger partial charge >= 0.3 is 43.0 Å². The van der Waals surface area contributed by atoms with E-state index < -0.39 is 25.2 Å². The second kappa shape index (κ2) is 17.4. The van der Waals surface area contributed by atoms with E-state index in [0.29, 0.717) is 12.5 Å². The third-order valence-corrected chi connectivity index (χ3v) is 5.81. The molecule has 3 rings (SSSR count). The summed E-state index contributed by atoms with van der Waals surface area (Å²) in [5.74, 6) is -1.38. The van der Waals surface area contributed by atoms with Crippen molar-refractivity contribution in [3.8, 4) is 0 Å². The Balaban J connectivity index is 0.000000423. The van der Waals surface area contributed by atoms with Crippen LogP contribution >= 0.6 is 0 Å². The second-order valence-corrected chi connectivity index (χ2v) is 9.03. The molecule has 1 aromatic rings. The molecule has 1 saturated carbocycles. The van der Waals surface area contributed by atoms with Crippen molar-refractivity contribution >= 4 is 31.3 Å². The van der Waals surface area contributed by atoms with Crippen LogP contribution in [0.3, 0.4) is 0 Å². The SMILES string of the molecule is CC(=O)O[BH-](OC(C)=O)OC(C)=O.O=C(NC1CC(CN2CCC(O)CC2)C1)OCc1ccccc1.[Na+]. The Labute approximate surface area is 240 Å². The Bertz CT molecular complexity index is 825. The van der Waals surface area contributed by atoms with E-state index in [1.165, 1.54) is 0 Å². The average molecular weight is 530 g/mol. The van der Waals surface area contributed by atoms with Gasteiger partial charge in [-0.15, -0.1) is 0 Å². The number of hydrogen-bond acceptors (Lipinski definition) is 10. The minimum Gasteiger partial charge on any atom is -0.625 e. The van der Waals surface area contributed by atoms with Crippen molar-refractivity contribution in [3.63, 3.8) is 0 Å². The third-order valence-electron chi connectivity index (χ3n) is 5.81. The zero-order chi connectivity index (χ0) is 26.5. The van der Waals surface area contributed by atoms with Crippen LogP contribution in [-0.4, -0.2) is 73.1 Å². The van der Waals surface area contributed by atoms with Gasteiger partial charge in [-0.2, -0.15) is 0 Å². The van der Waals surface area contributed by atoms with Gasteiger partial charge < -0.3 is 34.0 Å². The number of carbonyl (C=O) groups excluding carboxylic acids is 4. The molecule has 2 N–H and O–H groups in total.